The van der Waals surface area contributed by atoms with Gasteiger partial charge in [0.05, 0.1) is 14.5 Å². The molecule has 0 aromatic heterocycles. The fraction of sp³-hybridized carbons (Fsp3) is 0.188. The number of ether oxygens (including phenoxy) is 1. The van der Waals surface area contributed by atoms with E-state index >= 15 is 0 Å². The van der Waals surface area contributed by atoms with E-state index in [0.29, 0.717) is 21.3 Å². The molecule has 0 spiro atoms. The molecule has 1 N–H and O–H groups in total. The van der Waals surface area contributed by atoms with Crippen molar-refractivity contribution >= 4 is 37.8 Å². The molecule has 110 valence electrons. The lowest BCUT2D eigenvalue weighted by Gasteiger charge is -2.11. The van der Waals surface area contributed by atoms with Gasteiger partial charge in [0.2, 0.25) is 0 Å². The van der Waals surface area contributed by atoms with E-state index in [-0.39, 0.29) is 5.56 Å². The summed E-state index contributed by atoms with van der Waals surface area (Å²) in [6.45, 7) is 2.54. The van der Waals surface area contributed by atoms with Gasteiger partial charge in [-0.3, -0.25) is 0 Å². The number of hydrogen-bond acceptors (Lipinski definition) is 2. The van der Waals surface area contributed by atoms with Crippen molar-refractivity contribution in [1.82, 2.24) is 0 Å². The Kier molecular flexibility index (Phi) is 5.42. The number of aromatic carboxylic acids is 1. The van der Waals surface area contributed by atoms with Gasteiger partial charge in [-0.2, -0.15) is 0 Å². The van der Waals surface area contributed by atoms with Crippen LogP contribution in [0.3, 0.4) is 0 Å². The lowest BCUT2D eigenvalue weighted by atomic mass is 10.1. The fourth-order valence-electron chi connectivity index (χ4n) is 1.85. The van der Waals surface area contributed by atoms with Crippen LogP contribution in [0.5, 0.6) is 5.75 Å². The Bertz CT molecular complexity index is 628. The summed E-state index contributed by atoms with van der Waals surface area (Å²) in [6, 6.07) is 11.3. The van der Waals surface area contributed by atoms with Gasteiger partial charge in [-0.25, -0.2) is 4.79 Å². The number of halogens is 2. The maximum Gasteiger partial charge on any atom is 0.335 e. The van der Waals surface area contributed by atoms with Gasteiger partial charge in [-0.1, -0.05) is 31.2 Å². The van der Waals surface area contributed by atoms with E-state index in [1.807, 2.05) is 12.1 Å². The van der Waals surface area contributed by atoms with Gasteiger partial charge < -0.3 is 9.84 Å². The quantitative estimate of drug-likeness (QED) is 0.745. The molecule has 3 nitrogen and oxygen atoms in total. The molecular formula is C16H14Br2O3. The Morgan fingerprint density at radius 2 is 1.62 bits per heavy atom. The molecule has 5 heteroatoms. The molecule has 0 aliphatic rings. The molecule has 2 aromatic rings. The molecule has 0 bridgehead atoms. The van der Waals surface area contributed by atoms with E-state index in [9.17, 15) is 4.79 Å². The SMILES string of the molecule is CCc1ccc(COc2c(Br)cc(C(=O)O)cc2Br)cc1. The second-order valence-corrected chi connectivity index (χ2v) is 6.24. The molecule has 0 heterocycles. The first kappa shape index (κ1) is 16.0. The maximum absolute atomic E-state index is 11.0. The molecule has 0 saturated heterocycles. The number of carboxylic acids is 1. The summed E-state index contributed by atoms with van der Waals surface area (Å²) in [5.74, 6) is -0.377. The minimum Gasteiger partial charge on any atom is -0.487 e. The predicted molar refractivity (Wildman–Crippen MR) is 89.0 cm³/mol. The summed E-state index contributed by atoms with van der Waals surface area (Å²) in [6.07, 6.45) is 1.01. The van der Waals surface area contributed by atoms with Crippen LogP contribution in [0.25, 0.3) is 0 Å². The average Bonchev–Trinajstić information content (AvgIpc) is 2.46. The van der Waals surface area contributed by atoms with E-state index in [1.54, 1.807) is 0 Å². The van der Waals surface area contributed by atoms with Crippen LogP contribution in [-0.4, -0.2) is 11.1 Å². The van der Waals surface area contributed by atoms with Gasteiger partial charge in [0.15, 0.2) is 0 Å². The number of carbonyl (C=O) groups is 1. The van der Waals surface area contributed by atoms with E-state index in [0.717, 1.165) is 12.0 Å². The van der Waals surface area contributed by atoms with Gasteiger partial charge in [0.1, 0.15) is 12.4 Å². The Hall–Kier alpha value is -1.33. The highest BCUT2D eigenvalue weighted by Gasteiger charge is 2.12. The second-order valence-electron chi connectivity index (χ2n) is 4.53. The van der Waals surface area contributed by atoms with Crippen molar-refractivity contribution in [2.45, 2.75) is 20.0 Å². The second kappa shape index (κ2) is 7.09. The highest BCUT2D eigenvalue weighted by Crippen LogP contribution is 2.35. The molecule has 0 unspecified atom stereocenters. The van der Waals surface area contributed by atoms with Gasteiger partial charge in [0.25, 0.3) is 0 Å². The van der Waals surface area contributed by atoms with Crippen molar-refractivity contribution < 1.29 is 14.6 Å². The highest BCUT2D eigenvalue weighted by atomic mass is 79.9. The summed E-state index contributed by atoms with van der Waals surface area (Å²) in [4.78, 5) is 11.0. The first-order valence-corrected chi connectivity index (χ1v) is 8.02. The molecule has 0 aliphatic carbocycles. The number of carboxylic acid groups (broad SMARTS) is 1. The monoisotopic (exact) mass is 412 g/mol. The molecule has 0 aliphatic heterocycles. The normalized spacial score (nSPS) is 10.4. The van der Waals surface area contributed by atoms with Crippen LogP contribution >= 0.6 is 31.9 Å². The first-order valence-electron chi connectivity index (χ1n) is 6.44. The molecule has 2 aromatic carbocycles. The minimum atomic E-state index is -0.974. The third kappa shape index (κ3) is 4.08. The number of rotatable bonds is 5. The highest BCUT2D eigenvalue weighted by molar-refractivity contribution is 9.11. The van der Waals surface area contributed by atoms with Crippen molar-refractivity contribution in [3.05, 3.63) is 62.0 Å². The third-order valence-electron chi connectivity index (χ3n) is 3.06. The number of hydrogen-bond donors (Lipinski definition) is 1. The van der Waals surface area contributed by atoms with Gasteiger partial charge >= 0.3 is 5.97 Å². The van der Waals surface area contributed by atoms with Gasteiger partial charge in [-0.15, -0.1) is 0 Å². The summed E-state index contributed by atoms with van der Waals surface area (Å²) < 4.78 is 7.00. The zero-order chi connectivity index (χ0) is 15.4. The molecule has 0 radical (unpaired) electrons. The molecular weight excluding hydrogens is 400 g/mol. The van der Waals surface area contributed by atoms with E-state index < -0.39 is 5.97 Å². The first-order chi connectivity index (χ1) is 10.0. The van der Waals surface area contributed by atoms with Crippen molar-refractivity contribution in [2.24, 2.45) is 0 Å². The van der Waals surface area contributed by atoms with Crippen molar-refractivity contribution in [3.63, 3.8) is 0 Å². The van der Waals surface area contributed by atoms with Crippen LogP contribution in [0.1, 0.15) is 28.4 Å². The molecule has 0 saturated carbocycles. The predicted octanol–water partition coefficient (Wildman–Crippen LogP) is 5.05. The Morgan fingerprint density at radius 1 is 1.10 bits per heavy atom. The summed E-state index contributed by atoms with van der Waals surface area (Å²) in [7, 11) is 0. The molecule has 21 heavy (non-hydrogen) atoms. The topological polar surface area (TPSA) is 46.5 Å². The van der Waals surface area contributed by atoms with Crippen LogP contribution in [-0.2, 0) is 13.0 Å². The zero-order valence-corrected chi connectivity index (χ0v) is 14.6. The van der Waals surface area contributed by atoms with Crippen LogP contribution in [0, 0.1) is 0 Å². The molecule has 2 rings (SSSR count). The van der Waals surface area contributed by atoms with E-state index in [1.165, 1.54) is 17.7 Å². The van der Waals surface area contributed by atoms with Gasteiger partial charge in [0, 0.05) is 0 Å². The Morgan fingerprint density at radius 3 is 2.10 bits per heavy atom. The number of aryl methyl sites for hydroxylation is 1. The van der Waals surface area contributed by atoms with Crippen LogP contribution in [0.2, 0.25) is 0 Å². The molecule has 0 atom stereocenters. The van der Waals surface area contributed by atoms with E-state index in [2.05, 4.69) is 50.9 Å². The Balaban J connectivity index is 2.14. The van der Waals surface area contributed by atoms with Crippen LogP contribution in [0.15, 0.2) is 45.3 Å². The smallest absolute Gasteiger partial charge is 0.335 e. The van der Waals surface area contributed by atoms with Crippen LogP contribution < -0.4 is 4.74 Å². The largest absolute Gasteiger partial charge is 0.487 e. The summed E-state index contributed by atoms with van der Waals surface area (Å²) in [5.41, 5.74) is 2.55. The lowest BCUT2D eigenvalue weighted by Crippen LogP contribution is -2.00. The summed E-state index contributed by atoms with van der Waals surface area (Å²) in [5, 5.41) is 9.00. The Labute approximate surface area is 140 Å². The van der Waals surface area contributed by atoms with Crippen molar-refractivity contribution in [2.75, 3.05) is 0 Å². The van der Waals surface area contributed by atoms with Gasteiger partial charge in [-0.05, 0) is 61.5 Å². The lowest BCUT2D eigenvalue weighted by molar-refractivity contribution is 0.0696. The fourth-order valence-corrected chi connectivity index (χ4v) is 3.26. The summed E-state index contributed by atoms with van der Waals surface area (Å²) >= 11 is 6.69. The molecule has 0 fully saturated rings. The minimum absolute atomic E-state index is 0.202. The zero-order valence-electron chi connectivity index (χ0n) is 11.4. The molecule has 0 amide bonds. The average molecular weight is 414 g/mol. The van der Waals surface area contributed by atoms with E-state index in [4.69, 9.17) is 9.84 Å². The van der Waals surface area contributed by atoms with Crippen molar-refractivity contribution in [3.8, 4) is 5.75 Å². The van der Waals surface area contributed by atoms with Crippen molar-refractivity contribution in [1.29, 1.82) is 0 Å². The number of benzene rings is 2. The maximum atomic E-state index is 11.0. The van der Waals surface area contributed by atoms with Crippen LogP contribution in [0.4, 0.5) is 0 Å². The third-order valence-corrected chi connectivity index (χ3v) is 4.24. The standard InChI is InChI=1S/C16H14Br2O3/c1-2-10-3-5-11(6-4-10)9-21-15-13(17)7-12(16(19)20)8-14(15)18/h3-8H,2,9H2,1H3,(H,19,20).